The number of benzene rings is 1. The topological polar surface area (TPSA) is 90.6 Å². The predicted molar refractivity (Wildman–Crippen MR) is 76.1 cm³/mol. The maximum absolute atomic E-state index is 12.7. The zero-order valence-corrected chi connectivity index (χ0v) is 12.8. The van der Waals surface area contributed by atoms with Crippen LogP contribution in [0, 0.1) is 18.3 Å². The first-order valence-electron chi connectivity index (χ1n) is 6.65. The van der Waals surface area contributed by atoms with E-state index in [0.717, 1.165) is 0 Å². The van der Waals surface area contributed by atoms with Crippen molar-refractivity contribution in [2.24, 2.45) is 0 Å². The Morgan fingerprint density at radius 1 is 1.48 bits per heavy atom. The van der Waals surface area contributed by atoms with Crippen molar-refractivity contribution >= 4 is 10.0 Å². The molecule has 114 valence electrons. The van der Waals surface area contributed by atoms with E-state index in [4.69, 9.17) is 10.00 Å². The maximum atomic E-state index is 12.7. The molecule has 1 aromatic carbocycles. The van der Waals surface area contributed by atoms with E-state index < -0.39 is 16.1 Å². The number of aryl methyl sites for hydroxylation is 1. The van der Waals surface area contributed by atoms with Crippen molar-refractivity contribution in [3.05, 3.63) is 29.3 Å². The van der Waals surface area contributed by atoms with Crippen molar-refractivity contribution in [2.75, 3.05) is 19.7 Å². The molecule has 0 saturated carbocycles. The molecule has 21 heavy (non-hydrogen) atoms. The normalized spacial score (nSPS) is 23.7. The summed E-state index contributed by atoms with van der Waals surface area (Å²) in [5.74, 6) is 0. The molecule has 1 aliphatic heterocycles. The standard InChI is InChI=1S/C14H18N2O4S/c1-10-5-14(4-3-12(10)6-15)21(18,19)16-7-11(2)20-13(8-16)9-17/h3-5,11,13,17H,7-9H2,1-2H3. The van der Waals surface area contributed by atoms with Gasteiger partial charge in [0.15, 0.2) is 0 Å². The highest BCUT2D eigenvalue weighted by Crippen LogP contribution is 2.22. The molecular weight excluding hydrogens is 292 g/mol. The summed E-state index contributed by atoms with van der Waals surface area (Å²) in [6, 6.07) is 6.47. The van der Waals surface area contributed by atoms with Gasteiger partial charge in [-0.15, -0.1) is 0 Å². The third-order valence-corrected chi connectivity index (χ3v) is 5.28. The first-order valence-corrected chi connectivity index (χ1v) is 8.09. The number of morpholine rings is 1. The van der Waals surface area contributed by atoms with Gasteiger partial charge in [0, 0.05) is 13.1 Å². The molecule has 1 aromatic rings. The minimum atomic E-state index is -3.65. The van der Waals surface area contributed by atoms with Crippen LogP contribution in [0.15, 0.2) is 23.1 Å². The van der Waals surface area contributed by atoms with Gasteiger partial charge in [0.25, 0.3) is 0 Å². The third-order valence-electron chi connectivity index (χ3n) is 3.45. The lowest BCUT2D eigenvalue weighted by Crippen LogP contribution is -2.50. The molecular formula is C14H18N2O4S. The van der Waals surface area contributed by atoms with Crippen molar-refractivity contribution in [3.8, 4) is 6.07 Å². The summed E-state index contributed by atoms with van der Waals surface area (Å²) in [7, 11) is -3.65. The van der Waals surface area contributed by atoms with Crippen molar-refractivity contribution in [2.45, 2.75) is 31.0 Å². The summed E-state index contributed by atoms with van der Waals surface area (Å²) in [4.78, 5) is 0.157. The molecule has 7 heteroatoms. The quantitative estimate of drug-likeness (QED) is 0.884. The van der Waals surface area contributed by atoms with E-state index in [1.807, 2.05) is 6.07 Å². The second kappa shape index (κ2) is 6.12. The van der Waals surface area contributed by atoms with E-state index in [1.54, 1.807) is 13.8 Å². The van der Waals surface area contributed by atoms with Crippen LogP contribution < -0.4 is 0 Å². The summed E-state index contributed by atoms with van der Waals surface area (Å²) in [6.45, 7) is 3.63. The van der Waals surface area contributed by atoms with Crippen molar-refractivity contribution in [1.82, 2.24) is 4.31 Å². The average molecular weight is 310 g/mol. The summed E-state index contributed by atoms with van der Waals surface area (Å²) in [5, 5.41) is 18.1. The zero-order chi connectivity index (χ0) is 15.6. The molecule has 1 saturated heterocycles. The van der Waals surface area contributed by atoms with Gasteiger partial charge in [0.1, 0.15) is 0 Å². The van der Waals surface area contributed by atoms with Crippen LogP contribution in [0.4, 0.5) is 0 Å². The first kappa shape index (κ1) is 15.9. The minimum absolute atomic E-state index is 0.127. The fraction of sp³-hybridized carbons (Fsp3) is 0.500. The van der Waals surface area contributed by atoms with Crippen LogP contribution in [-0.2, 0) is 14.8 Å². The summed E-state index contributed by atoms with van der Waals surface area (Å²) in [6.07, 6.45) is -0.784. The Kier molecular flexibility index (Phi) is 4.64. The summed E-state index contributed by atoms with van der Waals surface area (Å²) >= 11 is 0. The highest BCUT2D eigenvalue weighted by molar-refractivity contribution is 7.89. The lowest BCUT2D eigenvalue weighted by molar-refractivity contribution is -0.0750. The van der Waals surface area contributed by atoms with Crippen LogP contribution in [0.5, 0.6) is 0 Å². The molecule has 1 heterocycles. The fourth-order valence-electron chi connectivity index (χ4n) is 2.37. The van der Waals surface area contributed by atoms with Crippen LogP contribution >= 0.6 is 0 Å². The lowest BCUT2D eigenvalue weighted by atomic mass is 10.1. The lowest BCUT2D eigenvalue weighted by Gasteiger charge is -2.35. The minimum Gasteiger partial charge on any atom is -0.394 e. The Morgan fingerprint density at radius 3 is 2.76 bits per heavy atom. The van der Waals surface area contributed by atoms with Crippen molar-refractivity contribution in [1.29, 1.82) is 5.26 Å². The van der Waals surface area contributed by atoms with Gasteiger partial charge >= 0.3 is 0 Å². The molecule has 0 bridgehead atoms. The molecule has 1 N–H and O–H groups in total. The Labute approximate surface area is 124 Å². The molecule has 6 nitrogen and oxygen atoms in total. The first-order chi connectivity index (χ1) is 9.88. The Bertz CT molecular complexity index is 666. The fourth-order valence-corrected chi connectivity index (χ4v) is 4.00. The number of nitrogens with zero attached hydrogens (tertiary/aromatic N) is 2. The van der Waals surface area contributed by atoms with Gasteiger partial charge in [0.2, 0.25) is 10.0 Å². The predicted octanol–water partition coefficient (Wildman–Crippen LogP) is 0.637. The van der Waals surface area contributed by atoms with Crippen LogP contribution in [-0.4, -0.2) is 49.7 Å². The second-order valence-corrected chi connectivity index (χ2v) is 7.10. The number of aliphatic hydroxyl groups is 1. The molecule has 0 radical (unpaired) electrons. The number of hydrogen-bond acceptors (Lipinski definition) is 5. The molecule has 0 aliphatic carbocycles. The molecule has 2 rings (SSSR count). The molecule has 1 aliphatic rings. The number of rotatable bonds is 3. The van der Waals surface area contributed by atoms with Crippen molar-refractivity contribution < 1.29 is 18.3 Å². The maximum Gasteiger partial charge on any atom is 0.243 e. The highest BCUT2D eigenvalue weighted by atomic mass is 32.2. The van der Waals surface area contributed by atoms with E-state index >= 15 is 0 Å². The van der Waals surface area contributed by atoms with E-state index in [2.05, 4.69) is 0 Å². The van der Waals surface area contributed by atoms with Crippen LogP contribution in [0.3, 0.4) is 0 Å². The molecule has 1 fully saturated rings. The van der Waals surface area contributed by atoms with Gasteiger partial charge < -0.3 is 9.84 Å². The van der Waals surface area contributed by atoms with E-state index in [9.17, 15) is 13.5 Å². The second-order valence-electron chi connectivity index (χ2n) is 5.16. The molecule has 0 aromatic heterocycles. The number of nitriles is 1. The van der Waals surface area contributed by atoms with Gasteiger partial charge in [-0.25, -0.2) is 8.42 Å². The SMILES string of the molecule is Cc1cc(S(=O)(=O)N2CC(C)OC(CO)C2)ccc1C#N. The number of ether oxygens (including phenoxy) is 1. The Balaban J connectivity index is 2.33. The van der Waals surface area contributed by atoms with E-state index in [0.29, 0.717) is 11.1 Å². The summed E-state index contributed by atoms with van der Waals surface area (Å²) < 4.78 is 32.1. The smallest absolute Gasteiger partial charge is 0.243 e. The van der Waals surface area contributed by atoms with Crippen molar-refractivity contribution in [3.63, 3.8) is 0 Å². The number of aliphatic hydroxyl groups excluding tert-OH is 1. The van der Waals surface area contributed by atoms with Crippen LogP contribution in [0.2, 0.25) is 0 Å². The Morgan fingerprint density at radius 2 is 2.19 bits per heavy atom. The zero-order valence-electron chi connectivity index (χ0n) is 12.0. The number of hydrogen-bond donors (Lipinski definition) is 1. The molecule has 0 spiro atoms. The largest absolute Gasteiger partial charge is 0.394 e. The monoisotopic (exact) mass is 310 g/mol. The average Bonchev–Trinajstić information content (AvgIpc) is 2.46. The third kappa shape index (κ3) is 3.24. The van der Waals surface area contributed by atoms with Gasteiger partial charge in [-0.1, -0.05) is 0 Å². The molecule has 0 amide bonds. The Hall–Kier alpha value is -1.46. The highest BCUT2D eigenvalue weighted by Gasteiger charge is 2.33. The number of sulfonamides is 1. The van der Waals surface area contributed by atoms with Gasteiger partial charge in [-0.2, -0.15) is 9.57 Å². The van der Waals surface area contributed by atoms with E-state index in [-0.39, 0.29) is 30.7 Å². The van der Waals surface area contributed by atoms with Gasteiger partial charge in [0.05, 0.1) is 35.3 Å². The van der Waals surface area contributed by atoms with Crippen LogP contribution in [0.25, 0.3) is 0 Å². The van der Waals surface area contributed by atoms with Crippen LogP contribution in [0.1, 0.15) is 18.1 Å². The van der Waals surface area contributed by atoms with E-state index in [1.165, 1.54) is 22.5 Å². The molecule has 2 unspecified atom stereocenters. The van der Waals surface area contributed by atoms with Gasteiger partial charge in [-0.05, 0) is 37.6 Å². The molecule has 2 atom stereocenters. The summed E-state index contributed by atoms with van der Waals surface area (Å²) in [5.41, 5.74) is 1.08. The van der Waals surface area contributed by atoms with Gasteiger partial charge in [-0.3, -0.25) is 0 Å².